The quantitative estimate of drug-likeness (QED) is 0.670. The maximum atomic E-state index is 13.2. The highest BCUT2D eigenvalue weighted by Crippen LogP contribution is 2.20. The van der Waals surface area contributed by atoms with Crippen LogP contribution in [0.5, 0.6) is 0 Å². The van der Waals surface area contributed by atoms with Crippen LogP contribution in [0.1, 0.15) is 37.9 Å². The van der Waals surface area contributed by atoms with Gasteiger partial charge >= 0.3 is 6.09 Å². The standard InChI is InChI=1S/C25H32N4O4/c1-17(2)22(28-25(32)33-16-19-10-5-4-6-11-19)24(31)29-14-8-12-20(15-29)23(30)27-21-13-7-9-18(3)26-21/h4-7,9-11,13,17,20,22H,8,12,14-16H2,1-3H3,(H,28,32)(H,26,27,30)/t20?,22-/m0/s1. The number of amides is 3. The molecule has 2 heterocycles. The van der Waals surface area contributed by atoms with Crippen LogP contribution in [-0.4, -0.2) is 46.9 Å². The fourth-order valence-corrected chi connectivity index (χ4v) is 3.83. The Kier molecular flexibility index (Phi) is 8.40. The second-order valence-corrected chi connectivity index (χ2v) is 8.70. The number of hydrogen-bond acceptors (Lipinski definition) is 5. The van der Waals surface area contributed by atoms with E-state index in [1.165, 1.54) is 0 Å². The Morgan fingerprint density at radius 1 is 1.12 bits per heavy atom. The number of anilines is 1. The van der Waals surface area contributed by atoms with E-state index in [4.69, 9.17) is 4.74 Å². The average molecular weight is 453 g/mol. The molecule has 3 rings (SSSR count). The molecule has 2 atom stereocenters. The molecule has 1 aliphatic heterocycles. The number of hydrogen-bond donors (Lipinski definition) is 2. The van der Waals surface area contributed by atoms with E-state index in [9.17, 15) is 14.4 Å². The zero-order valence-electron chi connectivity index (χ0n) is 19.4. The molecule has 0 radical (unpaired) electrons. The summed E-state index contributed by atoms with van der Waals surface area (Å²) in [6.07, 6.45) is 0.775. The van der Waals surface area contributed by atoms with E-state index >= 15 is 0 Å². The number of ether oxygens (including phenoxy) is 1. The lowest BCUT2D eigenvalue weighted by molar-refractivity contribution is -0.137. The lowest BCUT2D eigenvalue weighted by Crippen LogP contribution is -2.54. The highest BCUT2D eigenvalue weighted by molar-refractivity contribution is 5.93. The van der Waals surface area contributed by atoms with Crippen molar-refractivity contribution in [2.75, 3.05) is 18.4 Å². The molecule has 1 aromatic carbocycles. The average Bonchev–Trinajstić information content (AvgIpc) is 2.81. The molecule has 1 unspecified atom stereocenters. The topological polar surface area (TPSA) is 101 Å². The molecule has 0 saturated carbocycles. The van der Waals surface area contributed by atoms with Gasteiger partial charge < -0.3 is 20.3 Å². The van der Waals surface area contributed by atoms with Crippen LogP contribution in [0.25, 0.3) is 0 Å². The van der Waals surface area contributed by atoms with Crippen LogP contribution in [0.2, 0.25) is 0 Å². The number of aryl methyl sites for hydroxylation is 1. The largest absolute Gasteiger partial charge is 0.445 e. The number of carbonyl (C=O) groups is 3. The third kappa shape index (κ3) is 7.03. The molecule has 1 fully saturated rings. The molecule has 2 N–H and O–H groups in total. The van der Waals surface area contributed by atoms with E-state index in [0.717, 1.165) is 11.3 Å². The zero-order valence-corrected chi connectivity index (χ0v) is 19.4. The summed E-state index contributed by atoms with van der Waals surface area (Å²) in [6.45, 7) is 6.59. The molecule has 2 aromatic rings. The van der Waals surface area contributed by atoms with Crippen LogP contribution < -0.4 is 10.6 Å². The van der Waals surface area contributed by atoms with Crippen molar-refractivity contribution < 1.29 is 19.1 Å². The first-order chi connectivity index (χ1) is 15.8. The Labute approximate surface area is 194 Å². The van der Waals surface area contributed by atoms with Crippen molar-refractivity contribution >= 4 is 23.7 Å². The van der Waals surface area contributed by atoms with Gasteiger partial charge in [-0.1, -0.05) is 50.2 Å². The number of pyridine rings is 1. The fraction of sp³-hybridized carbons (Fsp3) is 0.440. The van der Waals surface area contributed by atoms with Crippen molar-refractivity contribution in [3.05, 3.63) is 59.8 Å². The van der Waals surface area contributed by atoms with E-state index in [0.29, 0.717) is 31.7 Å². The van der Waals surface area contributed by atoms with Gasteiger partial charge in [0.15, 0.2) is 0 Å². The highest BCUT2D eigenvalue weighted by atomic mass is 16.5. The first-order valence-corrected chi connectivity index (χ1v) is 11.3. The van der Waals surface area contributed by atoms with Gasteiger partial charge in [-0.25, -0.2) is 9.78 Å². The number of piperidine rings is 1. The number of likely N-dealkylation sites (tertiary alicyclic amines) is 1. The van der Waals surface area contributed by atoms with Crippen molar-refractivity contribution in [2.45, 2.75) is 46.3 Å². The van der Waals surface area contributed by atoms with Gasteiger partial charge in [0, 0.05) is 18.8 Å². The van der Waals surface area contributed by atoms with Gasteiger partial charge in [0.1, 0.15) is 18.5 Å². The Morgan fingerprint density at radius 2 is 1.88 bits per heavy atom. The van der Waals surface area contributed by atoms with Crippen LogP contribution in [-0.2, 0) is 20.9 Å². The first kappa shape index (κ1) is 24.2. The molecule has 8 nitrogen and oxygen atoms in total. The normalized spacial score (nSPS) is 16.7. The predicted octanol–water partition coefficient (Wildman–Crippen LogP) is 3.52. The number of alkyl carbamates (subject to hydrolysis) is 1. The summed E-state index contributed by atoms with van der Waals surface area (Å²) < 4.78 is 5.29. The molecule has 0 aliphatic carbocycles. The number of nitrogens with one attached hydrogen (secondary N) is 2. The van der Waals surface area contributed by atoms with Gasteiger partial charge in [0.05, 0.1) is 5.92 Å². The predicted molar refractivity (Wildman–Crippen MR) is 125 cm³/mol. The molecule has 3 amide bonds. The van der Waals surface area contributed by atoms with Crippen molar-refractivity contribution in [2.24, 2.45) is 11.8 Å². The molecule has 8 heteroatoms. The summed E-state index contributed by atoms with van der Waals surface area (Å²) in [6, 6.07) is 14.1. The van der Waals surface area contributed by atoms with Gasteiger partial charge in [-0.15, -0.1) is 0 Å². The van der Waals surface area contributed by atoms with E-state index in [1.807, 2.05) is 63.2 Å². The second-order valence-electron chi connectivity index (χ2n) is 8.70. The maximum Gasteiger partial charge on any atom is 0.408 e. The number of nitrogens with zero attached hydrogens (tertiary/aromatic N) is 2. The second kappa shape index (κ2) is 11.4. The minimum absolute atomic E-state index is 0.130. The Morgan fingerprint density at radius 3 is 2.58 bits per heavy atom. The van der Waals surface area contributed by atoms with Crippen molar-refractivity contribution in [1.82, 2.24) is 15.2 Å². The molecule has 0 bridgehead atoms. The van der Waals surface area contributed by atoms with E-state index in [1.54, 1.807) is 11.0 Å². The minimum Gasteiger partial charge on any atom is -0.445 e. The van der Waals surface area contributed by atoms with E-state index in [-0.39, 0.29) is 30.3 Å². The smallest absolute Gasteiger partial charge is 0.408 e. The van der Waals surface area contributed by atoms with Crippen LogP contribution in [0.4, 0.5) is 10.6 Å². The summed E-state index contributed by atoms with van der Waals surface area (Å²) in [5.74, 6) is -0.309. The van der Waals surface area contributed by atoms with Gasteiger partial charge in [-0.2, -0.15) is 0 Å². The van der Waals surface area contributed by atoms with Gasteiger partial charge in [-0.05, 0) is 43.4 Å². The molecular weight excluding hydrogens is 420 g/mol. The fourth-order valence-electron chi connectivity index (χ4n) is 3.83. The van der Waals surface area contributed by atoms with Gasteiger partial charge in [0.2, 0.25) is 11.8 Å². The van der Waals surface area contributed by atoms with E-state index in [2.05, 4.69) is 15.6 Å². The number of benzene rings is 1. The first-order valence-electron chi connectivity index (χ1n) is 11.3. The number of aromatic nitrogens is 1. The zero-order chi connectivity index (χ0) is 23.8. The van der Waals surface area contributed by atoms with Gasteiger partial charge in [-0.3, -0.25) is 9.59 Å². The third-order valence-electron chi connectivity index (χ3n) is 5.66. The van der Waals surface area contributed by atoms with Crippen LogP contribution >= 0.6 is 0 Å². The van der Waals surface area contributed by atoms with Crippen LogP contribution in [0, 0.1) is 18.8 Å². The summed E-state index contributed by atoms with van der Waals surface area (Å²) in [7, 11) is 0. The van der Waals surface area contributed by atoms with Crippen LogP contribution in [0.3, 0.4) is 0 Å². The third-order valence-corrected chi connectivity index (χ3v) is 5.66. The number of rotatable bonds is 7. The van der Waals surface area contributed by atoms with Crippen molar-refractivity contribution in [3.63, 3.8) is 0 Å². The summed E-state index contributed by atoms with van der Waals surface area (Å²) in [5, 5.41) is 5.56. The molecule has 33 heavy (non-hydrogen) atoms. The molecule has 1 saturated heterocycles. The molecule has 1 aromatic heterocycles. The molecule has 176 valence electrons. The molecular formula is C25H32N4O4. The summed E-state index contributed by atoms with van der Waals surface area (Å²) >= 11 is 0. The molecule has 0 spiro atoms. The maximum absolute atomic E-state index is 13.2. The summed E-state index contributed by atoms with van der Waals surface area (Å²) in [5.41, 5.74) is 1.69. The summed E-state index contributed by atoms with van der Waals surface area (Å²) in [4.78, 5) is 44.3. The minimum atomic E-state index is -0.728. The Balaban J connectivity index is 1.57. The number of carbonyl (C=O) groups excluding carboxylic acids is 3. The van der Waals surface area contributed by atoms with Crippen molar-refractivity contribution in [3.8, 4) is 0 Å². The highest BCUT2D eigenvalue weighted by Gasteiger charge is 2.34. The Hall–Kier alpha value is -3.42. The SMILES string of the molecule is Cc1cccc(NC(=O)C2CCCN(C(=O)[C@@H](NC(=O)OCc3ccccc3)C(C)C)C2)n1. The van der Waals surface area contributed by atoms with Crippen LogP contribution in [0.15, 0.2) is 48.5 Å². The van der Waals surface area contributed by atoms with E-state index < -0.39 is 12.1 Å². The lowest BCUT2D eigenvalue weighted by Gasteiger charge is -2.35. The monoisotopic (exact) mass is 452 g/mol. The van der Waals surface area contributed by atoms with Crippen molar-refractivity contribution in [1.29, 1.82) is 0 Å². The Bertz CT molecular complexity index is 964. The lowest BCUT2D eigenvalue weighted by atomic mass is 9.95. The van der Waals surface area contributed by atoms with Gasteiger partial charge in [0.25, 0.3) is 0 Å². The molecule has 1 aliphatic rings.